The highest BCUT2D eigenvalue weighted by molar-refractivity contribution is 7.10. The number of hydrogen-bond acceptors (Lipinski definition) is 4. The van der Waals surface area contributed by atoms with E-state index in [4.69, 9.17) is 5.84 Å². The van der Waals surface area contributed by atoms with Gasteiger partial charge in [0.25, 0.3) is 0 Å². The molecule has 0 bridgehead atoms. The average Bonchev–Trinajstić information content (AvgIpc) is 2.89. The van der Waals surface area contributed by atoms with Gasteiger partial charge in [-0.05, 0) is 17.9 Å². The molecule has 0 fully saturated rings. The van der Waals surface area contributed by atoms with Crippen LogP contribution in [-0.2, 0) is 13.5 Å². The Morgan fingerprint density at radius 2 is 2.44 bits per heavy atom. The third kappa shape index (κ3) is 2.02. The molecule has 0 saturated carbocycles. The highest BCUT2D eigenvalue weighted by atomic mass is 32.1. The number of hydrogen-bond donors (Lipinski definition) is 2. The quantitative estimate of drug-likeness (QED) is 0.626. The third-order valence-corrected chi connectivity index (χ3v) is 3.52. The van der Waals surface area contributed by atoms with E-state index in [1.807, 2.05) is 24.0 Å². The fourth-order valence-corrected chi connectivity index (χ4v) is 2.65. The van der Waals surface area contributed by atoms with Gasteiger partial charge in [-0.1, -0.05) is 13.0 Å². The van der Waals surface area contributed by atoms with E-state index in [0.717, 1.165) is 17.7 Å². The first-order valence-electron chi connectivity index (χ1n) is 5.28. The summed E-state index contributed by atoms with van der Waals surface area (Å²) in [7, 11) is 1.94. The molecule has 0 aliphatic carbocycles. The van der Waals surface area contributed by atoms with Crippen LogP contribution in [0.25, 0.3) is 0 Å². The number of aryl methyl sites for hydroxylation is 2. The SMILES string of the molecule is CCc1nn(C)cc1C(NN)c1cccs1. The lowest BCUT2D eigenvalue weighted by molar-refractivity contribution is 0.640. The number of nitrogens with one attached hydrogen (secondary N) is 1. The van der Waals surface area contributed by atoms with Crippen LogP contribution in [0.2, 0.25) is 0 Å². The highest BCUT2D eigenvalue weighted by Gasteiger charge is 2.18. The van der Waals surface area contributed by atoms with Gasteiger partial charge in [-0.2, -0.15) is 5.10 Å². The molecular formula is C11H16N4S. The molecular weight excluding hydrogens is 220 g/mol. The van der Waals surface area contributed by atoms with Gasteiger partial charge < -0.3 is 0 Å². The first-order chi connectivity index (χ1) is 7.76. The van der Waals surface area contributed by atoms with Crippen molar-refractivity contribution in [2.45, 2.75) is 19.4 Å². The summed E-state index contributed by atoms with van der Waals surface area (Å²) in [6.45, 7) is 2.10. The number of nitrogens with two attached hydrogens (primary N) is 1. The maximum Gasteiger partial charge on any atom is 0.0835 e. The van der Waals surface area contributed by atoms with Gasteiger partial charge in [0.1, 0.15) is 0 Å². The van der Waals surface area contributed by atoms with E-state index >= 15 is 0 Å². The van der Waals surface area contributed by atoms with Crippen LogP contribution in [0.1, 0.15) is 29.1 Å². The Hall–Kier alpha value is -1.17. The van der Waals surface area contributed by atoms with Gasteiger partial charge in [0.05, 0.1) is 11.7 Å². The van der Waals surface area contributed by atoms with Crippen LogP contribution in [0, 0.1) is 0 Å². The van der Waals surface area contributed by atoms with Gasteiger partial charge in [-0.25, -0.2) is 5.43 Å². The van der Waals surface area contributed by atoms with Gasteiger partial charge in [0.2, 0.25) is 0 Å². The summed E-state index contributed by atoms with van der Waals surface area (Å²) in [4.78, 5) is 1.21. The van der Waals surface area contributed by atoms with Crippen molar-refractivity contribution in [3.05, 3.63) is 39.8 Å². The van der Waals surface area contributed by atoms with E-state index in [-0.39, 0.29) is 6.04 Å². The Kier molecular flexibility index (Phi) is 3.38. The molecule has 1 atom stereocenters. The maximum absolute atomic E-state index is 5.65. The first kappa shape index (κ1) is 11.3. The lowest BCUT2D eigenvalue weighted by atomic mass is 10.1. The minimum Gasteiger partial charge on any atom is -0.275 e. The largest absolute Gasteiger partial charge is 0.275 e. The van der Waals surface area contributed by atoms with E-state index in [2.05, 4.69) is 28.9 Å². The molecule has 0 saturated heterocycles. The fraction of sp³-hybridized carbons (Fsp3) is 0.364. The number of nitrogens with zero attached hydrogens (tertiary/aromatic N) is 2. The zero-order valence-corrected chi connectivity index (χ0v) is 10.3. The van der Waals surface area contributed by atoms with Gasteiger partial charge in [-0.3, -0.25) is 10.5 Å². The normalized spacial score (nSPS) is 12.9. The Morgan fingerprint density at radius 3 is 3.00 bits per heavy atom. The molecule has 0 amide bonds. The fourth-order valence-electron chi connectivity index (χ4n) is 1.85. The molecule has 4 nitrogen and oxygen atoms in total. The second-order valence-electron chi connectivity index (χ2n) is 3.67. The predicted octanol–water partition coefficient (Wildman–Crippen LogP) is 1.60. The lowest BCUT2D eigenvalue weighted by Crippen LogP contribution is -2.28. The predicted molar refractivity (Wildman–Crippen MR) is 66.1 cm³/mol. The topological polar surface area (TPSA) is 55.9 Å². The van der Waals surface area contributed by atoms with Crippen LogP contribution in [0.4, 0.5) is 0 Å². The molecule has 5 heteroatoms. The van der Waals surface area contributed by atoms with Gasteiger partial charge >= 0.3 is 0 Å². The van der Waals surface area contributed by atoms with Crippen LogP contribution < -0.4 is 11.3 Å². The van der Waals surface area contributed by atoms with Gasteiger partial charge in [-0.15, -0.1) is 11.3 Å². The smallest absolute Gasteiger partial charge is 0.0835 e. The van der Waals surface area contributed by atoms with Crippen molar-refractivity contribution in [1.29, 1.82) is 0 Å². The molecule has 0 aliphatic heterocycles. The molecule has 2 rings (SSSR count). The van der Waals surface area contributed by atoms with E-state index < -0.39 is 0 Å². The maximum atomic E-state index is 5.65. The summed E-state index contributed by atoms with van der Waals surface area (Å²) in [6, 6.07) is 4.16. The van der Waals surface area contributed by atoms with Gasteiger partial charge in [0, 0.05) is 23.7 Å². The summed E-state index contributed by atoms with van der Waals surface area (Å²) >= 11 is 1.70. The van der Waals surface area contributed by atoms with Gasteiger partial charge in [0.15, 0.2) is 0 Å². The highest BCUT2D eigenvalue weighted by Crippen LogP contribution is 2.27. The van der Waals surface area contributed by atoms with E-state index in [1.54, 1.807) is 11.3 Å². The molecule has 0 radical (unpaired) electrons. The molecule has 2 aromatic rings. The van der Waals surface area contributed by atoms with Crippen molar-refractivity contribution >= 4 is 11.3 Å². The van der Waals surface area contributed by atoms with Crippen molar-refractivity contribution in [1.82, 2.24) is 15.2 Å². The molecule has 0 aromatic carbocycles. The second-order valence-corrected chi connectivity index (χ2v) is 4.65. The van der Waals surface area contributed by atoms with Crippen LogP contribution in [-0.4, -0.2) is 9.78 Å². The molecule has 0 aliphatic rings. The Balaban J connectivity index is 2.40. The molecule has 2 aromatic heterocycles. The van der Waals surface area contributed by atoms with E-state index in [1.165, 1.54) is 4.88 Å². The Morgan fingerprint density at radius 1 is 1.62 bits per heavy atom. The van der Waals surface area contributed by atoms with Crippen molar-refractivity contribution < 1.29 is 0 Å². The zero-order valence-electron chi connectivity index (χ0n) is 9.47. The zero-order chi connectivity index (χ0) is 11.5. The first-order valence-corrected chi connectivity index (χ1v) is 6.16. The minimum absolute atomic E-state index is 0.0450. The minimum atomic E-state index is 0.0450. The summed E-state index contributed by atoms with van der Waals surface area (Å²) in [5.41, 5.74) is 5.12. The van der Waals surface area contributed by atoms with Crippen molar-refractivity contribution in [2.24, 2.45) is 12.9 Å². The van der Waals surface area contributed by atoms with Crippen LogP contribution >= 0.6 is 11.3 Å². The Labute approximate surface area is 99.1 Å². The van der Waals surface area contributed by atoms with E-state index in [9.17, 15) is 0 Å². The molecule has 16 heavy (non-hydrogen) atoms. The van der Waals surface area contributed by atoms with Crippen molar-refractivity contribution in [2.75, 3.05) is 0 Å². The average molecular weight is 236 g/mol. The van der Waals surface area contributed by atoms with Crippen molar-refractivity contribution in [3.63, 3.8) is 0 Å². The van der Waals surface area contributed by atoms with Crippen LogP contribution in [0.15, 0.2) is 23.7 Å². The number of aromatic nitrogens is 2. The summed E-state index contributed by atoms with van der Waals surface area (Å²) in [5, 5.41) is 6.49. The summed E-state index contributed by atoms with van der Waals surface area (Å²) in [6.07, 6.45) is 2.95. The standard InChI is InChI=1S/C11H16N4S/c1-3-9-8(7-15(2)14-9)11(13-12)10-5-4-6-16-10/h4-7,11,13H,3,12H2,1-2H3. The van der Waals surface area contributed by atoms with Crippen LogP contribution in [0.3, 0.4) is 0 Å². The lowest BCUT2D eigenvalue weighted by Gasteiger charge is -2.13. The van der Waals surface area contributed by atoms with Crippen LogP contribution in [0.5, 0.6) is 0 Å². The Bertz CT molecular complexity index is 447. The molecule has 3 N–H and O–H groups in total. The monoisotopic (exact) mass is 236 g/mol. The third-order valence-electron chi connectivity index (χ3n) is 2.58. The summed E-state index contributed by atoms with van der Waals surface area (Å²) < 4.78 is 1.84. The number of rotatable bonds is 4. The molecule has 86 valence electrons. The molecule has 0 spiro atoms. The summed E-state index contributed by atoms with van der Waals surface area (Å²) in [5.74, 6) is 5.65. The van der Waals surface area contributed by atoms with Crippen molar-refractivity contribution in [3.8, 4) is 0 Å². The molecule has 1 unspecified atom stereocenters. The number of hydrazine groups is 1. The molecule has 2 heterocycles. The number of thiophene rings is 1. The second kappa shape index (κ2) is 4.78. The van der Waals surface area contributed by atoms with E-state index in [0.29, 0.717) is 0 Å².